The molecular weight excluding hydrogens is 214 g/mol. The lowest BCUT2D eigenvalue weighted by Gasteiger charge is -2.15. The van der Waals surface area contributed by atoms with Gasteiger partial charge in [-0.2, -0.15) is 5.26 Å². The van der Waals surface area contributed by atoms with Crippen LogP contribution in [0.2, 0.25) is 0 Å². The minimum Gasteiger partial charge on any atom is -0.354 e. The number of likely N-dealkylation sites (N-methyl/N-ethyl adjacent to an activating group) is 1. The second-order valence-electron chi connectivity index (χ2n) is 3.92. The van der Waals surface area contributed by atoms with Crippen molar-refractivity contribution in [2.45, 2.75) is 13.0 Å². The highest BCUT2D eigenvalue weighted by atomic mass is 16.2. The molecule has 0 aliphatic heterocycles. The van der Waals surface area contributed by atoms with E-state index >= 15 is 0 Å². The zero-order valence-corrected chi connectivity index (χ0v) is 10.0. The zero-order valence-electron chi connectivity index (χ0n) is 10.0. The van der Waals surface area contributed by atoms with E-state index in [4.69, 9.17) is 5.26 Å². The lowest BCUT2D eigenvalue weighted by atomic mass is 10.2. The van der Waals surface area contributed by atoms with Crippen LogP contribution in [-0.2, 0) is 11.3 Å². The molecule has 0 heterocycles. The van der Waals surface area contributed by atoms with E-state index in [0.29, 0.717) is 19.5 Å². The van der Waals surface area contributed by atoms with Crippen molar-refractivity contribution in [3.8, 4) is 6.07 Å². The van der Waals surface area contributed by atoms with E-state index in [1.165, 1.54) is 5.56 Å². The van der Waals surface area contributed by atoms with Crippen molar-refractivity contribution in [2.24, 2.45) is 0 Å². The van der Waals surface area contributed by atoms with Gasteiger partial charge in [-0.25, -0.2) is 0 Å². The quantitative estimate of drug-likeness (QED) is 0.747. The molecule has 0 radical (unpaired) electrons. The predicted molar refractivity (Wildman–Crippen MR) is 66.0 cm³/mol. The Kier molecular flexibility index (Phi) is 5.76. The summed E-state index contributed by atoms with van der Waals surface area (Å²) in [4.78, 5) is 13.4. The summed E-state index contributed by atoms with van der Waals surface area (Å²) in [5, 5.41) is 11.0. The Morgan fingerprint density at radius 1 is 1.41 bits per heavy atom. The van der Waals surface area contributed by atoms with Gasteiger partial charge in [0.1, 0.15) is 0 Å². The fourth-order valence-corrected chi connectivity index (χ4v) is 1.51. The molecule has 0 spiro atoms. The third kappa shape index (κ3) is 5.69. The van der Waals surface area contributed by atoms with Gasteiger partial charge in [-0.05, 0) is 12.6 Å². The third-order valence-electron chi connectivity index (χ3n) is 2.27. The maximum atomic E-state index is 11.5. The highest BCUT2D eigenvalue weighted by molar-refractivity contribution is 5.77. The average molecular weight is 231 g/mol. The molecule has 90 valence electrons. The number of amides is 1. The van der Waals surface area contributed by atoms with Gasteiger partial charge in [-0.1, -0.05) is 30.3 Å². The molecule has 17 heavy (non-hydrogen) atoms. The van der Waals surface area contributed by atoms with Crippen molar-refractivity contribution >= 4 is 5.91 Å². The summed E-state index contributed by atoms with van der Waals surface area (Å²) in [6.07, 6.45) is 0.355. The molecule has 1 N–H and O–H groups in total. The molecule has 0 saturated heterocycles. The topological polar surface area (TPSA) is 56.1 Å². The molecule has 1 amide bonds. The third-order valence-corrected chi connectivity index (χ3v) is 2.27. The first kappa shape index (κ1) is 13.2. The van der Waals surface area contributed by atoms with Crippen molar-refractivity contribution in [2.75, 3.05) is 20.1 Å². The molecule has 0 saturated carbocycles. The number of hydrogen-bond acceptors (Lipinski definition) is 3. The smallest absolute Gasteiger partial charge is 0.234 e. The van der Waals surface area contributed by atoms with Gasteiger partial charge < -0.3 is 5.32 Å². The maximum Gasteiger partial charge on any atom is 0.234 e. The standard InChI is InChI=1S/C13H17N3O/c1-16(10-12-6-3-2-4-7-12)11-13(17)15-9-5-8-14/h2-4,6-7H,5,9-11H2,1H3,(H,15,17). The number of carbonyl (C=O) groups is 1. The number of benzene rings is 1. The van der Waals surface area contributed by atoms with Crippen molar-refractivity contribution in [1.29, 1.82) is 5.26 Å². The molecule has 0 atom stereocenters. The summed E-state index contributed by atoms with van der Waals surface area (Å²) in [6, 6.07) is 12.0. The van der Waals surface area contributed by atoms with E-state index in [1.54, 1.807) is 0 Å². The van der Waals surface area contributed by atoms with Crippen LogP contribution < -0.4 is 5.32 Å². The molecule has 4 nitrogen and oxygen atoms in total. The van der Waals surface area contributed by atoms with Crippen LogP contribution in [0.15, 0.2) is 30.3 Å². The summed E-state index contributed by atoms with van der Waals surface area (Å²) in [5.74, 6) is -0.0429. The fraction of sp³-hybridized carbons (Fsp3) is 0.385. The lowest BCUT2D eigenvalue weighted by Crippen LogP contribution is -2.35. The largest absolute Gasteiger partial charge is 0.354 e. The molecule has 0 aliphatic carbocycles. The Hall–Kier alpha value is -1.86. The summed E-state index contributed by atoms with van der Waals surface area (Å²) >= 11 is 0. The molecule has 1 rings (SSSR count). The molecule has 0 aliphatic rings. The number of carbonyl (C=O) groups excluding carboxylic acids is 1. The lowest BCUT2D eigenvalue weighted by molar-refractivity contribution is -0.122. The maximum absolute atomic E-state index is 11.5. The monoisotopic (exact) mass is 231 g/mol. The number of rotatable bonds is 6. The first-order chi connectivity index (χ1) is 8.22. The van der Waals surface area contributed by atoms with E-state index in [9.17, 15) is 4.79 Å². The van der Waals surface area contributed by atoms with Gasteiger partial charge in [-0.15, -0.1) is 0 Å². The van der Waals surface area contributed by atoms with Gasteiger partial charge in [0.05, 0.1) is 19.0 Å². The molecule has 0 aromatic heterocycles. The van der Waals surface area contributed by atoms with Crippen molar-refractivity contribution in [3.05, 3.63) is 35.9 Å². The normalized spacial score (nSPS) is 9.94. The Morgan fingerprint density at radius 2 is 2.12 bits per heavy atom. The first-order valence-corrected chi connectivity index (χ1v) is 5.58. The van der Waals surface area contributed by atoms with E-state index in [1.807, 2.05) is 48.3 Å². The number of nitrogens with zero attached hydrogens (tertiary/aromatic N) is 2. The van der Waals surface area contributed by atoms with E-state index in [-0.39, 0.29) is 5.91 Å². The summed E-state index contributed by atoms with van der Waals surface area (Å²) < 4.78 is 0. The van der Waals surface area contributed by atoms with Crippen LogP contribution in [0.5, 0.6) is 0 Å². The van der Waals surface area contributed by atoms with Gasteiger partial charge in [0.15, 0.2) is 0 Å². The van der Waals surface area contributed by atoms with Crippen LogP contribution in [0.4, 0.5) is 0 Å². The molecule has 0 bridgehead atoms. The summed E-state index contributed by atoms with van der Waals surface area (Å²) in [7, 11) is 1.90. The second-order valence-corrected chi connectivity index (χ2v) is 3.92. The van der Waals surface area contributed by atoms with Crippen LogP contribution in [0.1, 0.15) is 12.0 Å². The Bertz CT molecular complexity index is 383. The van der Waals surface area contributed by atoms with Crippen LogP contribution in [0.25, 0.3) is 0 Å². The van der Waals surface area contributed by atoms with E-state index in [0.717, 1.165) is 6.54 Å². The molecule has 1 aromatic rings. The average Bonchev–Trinajstić information content (AvgIpc) is 2.30. The Morgan fingerprint density at radius 3 is 2.76 bits per heavy atom. The summed E-state index contributed by atoms with van der Waals surface area (Å²) in [6.45, 7) is 1.52. The van der Waals surface area contributed by atoms with Crippen LogP contribution in [0, 0.1) is 11.3 Å². The van der Waals surface area contributed by atoms with Crippen LogP contribution >= 0.6 is 0 Å². The molecule has 4 heteroatoms. The van der Waals surface area contributed by atoms with Crippen molar-refractivity contribution < 1.29 is 4.79 Å². The molecule has 0 fully saturated rings. The highest BCUT2D eigenvalue weighted by Gasteiger charge is 2.05. The summed E-state index contributed by atoms with van der Waals surface area (Å²) in [5.41, 5.74) is 1.18. The molecule has 1 aromatic carbocycles. The van der Waals surface area contributed by atoms with Crippen molar-refractivity contribution in [3.63, 3.8) is 0 Å². The van der Waals surface area contributed by atoms with E-state index in [2.05, 4.69) is 5.32 Å². The number of nitrogens with one attached hydrogen (secondary N) is 1. The second kappa shape index (κ2) is 7.42. The zero-order chi connectivity index (χ0) is 12.5. The highest BCUT2D eigenvalue weighted by Crippen LogP contribution is 2.01. The minimum absolute atomic E-state index is 0.0429. The minimum atomic E-state index is -0.0429. The number of nitriles is 1. The van der Waals surface area contributed by atoms with Gasteiger partial charge >= 0.3 is 0 Å². The Labute approximate surface area is 102 Å². The van der Waals surface area contributed by atoms with Gasteiger partial charge in [0, 0.05) is 13.1 Å². The molecule has 0 unspecified atom stereocenters. The van der Waals surface area contributed by atoms with Crippen molar-refractivity contribution in [1.82, 2.24) is 10.2 Å². The predicted octanol–water partition coefficient (Wildman–Crippen LogP) is 1.15. The van der Waals surface area contributed by atoms with Gasteiger partial charge in [0.25, 0.3) is 0 Å². The van der Waals surface area contributed by atoms with E-state index < -0.39 is 0 Å². The molecular formula is C13H17N3O. The fourth-order valence-electron chi connectivity index (χ4n) is 1.51. The van der Waals surface area contributed by atoms with Crippen LogP contribution in [0.3, 0.4) is 0 Å². The van der Waals surface area contributed by atoms with Crippen LogP contribution in [-0.4, -0.2) is 30.9 Å². The SMILES string of the molecule is CN(CC(=O)NCCC#N)Cc1ccccc1. The Balaban J connectivity index is 2.27. The number of hydrogen-bond donors (Lipinski definition) is 1. The van der Waals surface area contributed by atoms with Gasteiger partial charge in [0.2, 0.25) is 5.91 Å². The first-order valence-electron chi connectivity index (χ1n) is 5.58. The van der Waals surface area contributed by atoms with Gasteiger partial charge in [-0.3, -0.25) is 9.69 Å².